The predicted octanol–water partition coefficient (Wildman–Crippen LogP) is 3.58. The van der Waals surface area contributed by atoms with Gasteiger partial charge in [0.15, 0.2) is 0 Å². The molecule has 0 bridgehead atoms. The topological polar surface area (TPSA) is 41.6 Å². The van der Waals surface area contributed by atoms with E-state index in [2.05, 4.69) is 46.6 Å². The molecule has 4 heteroatoms. The summed E-state index contributed by atoms with van der Waals surface area (Å²) in [5.74, 6) is 0.993. The van der Waals surface area contributed by atoms with Gasteiger partial charge in [-0.1, -0.05) is 42.5 Å². The highest BCUT2D eigenvalue weighted by Crippen LogP contribution is 2.32. The lowest BCUT2D eigenvalue weighted by molar-refractivity contribution is -0.122. The molecule has 0 aliphatic carbocycles. The molecule has 3 rings (SSSR count). The van der Waals surface area contributed by atoms with E-state index in [0.717, 1.165) is 44.5 Å². The van der Waals surface area contributed by atoms with Gasteiger partial charge in [-0.3, -0.25) is 9.69 Å². The van der Waals surface area contributed by atoms with Crippen molar-refractivity contribution in [3.63, 3.8) is 0 Å². The fraction of sp³-hybridized carbons (Fsp3) is 0.409. The molecule has 1 N–H and O–H groups in total. The van der Waals surface area contributed by atoms with E-state index in [1.54, 1.807) is 7.11 Å². The van der Waals surface area contributed by atoms with Crippen molar-refractivity contribution in [3.05, 3.63) is 65.7 Å². The minimum absolute atomic E-state index is 0.124. The van der Waals surface area contributed by atoms with Crippen molar-refractivity contribution in [1.82, 2.24) is 10.2 Å². The van der Waals surface area contributed by atoms with Crippen LogP contribution >= 0.6 is 0 Å². The molecular formula is C22H28N2O2. The highest BCUT2D eigenvalue weighted by molar-refractivity contribution is 5.78. The molecule has 1 atom stereocenters. The summed E-state index contributed by atoms with van der Waals surface area (Å²) in [7, 11) is 1.68. The lowest BCUT2D eigenvalue weighted by Gasteiger charge is -2.24. The summed E-state index contributed by atoms with van der Waals surface area (Å²) >= 11 is 0. The lowest BCUT2D eigenvalue weighted by Crippen LogP contribution is -2.37. The van der Waals surface area contributed by atoms with Crippen LogP contribution in [0.3, 0.4) is 0 Å². The first-order valence-electron chi connectivity index (χ1n) is 9.45. The van der Waals surface area contributed by atoms with Crippen LogP contribution < -0.4 is 10.1 Å². The number of nitrogens with zero attached hydrogens (tertiary/aromatic N) is 1. The predicted molar refractivity (Wildman–Crippen MR) is 104 cm³/mol. The molecule has 1 aliphatic heterocycles. The number of likely N-dealkylation sites (tertiary alicyclic amines) is 1. The number of hydrogen-bond acceptors (Lipinski definition) is 3. The molecule has 0 spiro atoms. The fourth-order valence-corrected chi connectivity index (χ4v) is 3.62. The van der Waals surface area contributed by atoms with E-state index in [9.17, 15) is 4.79 Å². The zero-order valence-electron chi connectivity index (χ0n) is 15.5. The molecule has 0 radical (unpaired) electrons. The second kappa shape index (κ2) is 9.39. The maximum atomic E-state index is 12.3. The van der Waals surface area contributed by atoms with Gasteiger partial charge in [-0.15, -0.1) is 0 Å². The van der Waals surface area contributed by atoms with Gasteiger partial charge < -0.3 is 10.1 Å². The number of ether oxygens (including phenoxy) is 1. The number of methoxy groups -OCH3 is 1. The maximum absolute atomic E-state index is 12.3. The Morgan fingerprint density at radius 1 is 1.15 bits per heavy atom. The Labute approximate surface area is 156 Å². The molecule has 1 aliphatic rings. The Bertz CT molecular complexity index is 685. The van der Waals surface area contributed by atoms with Crippen molar-refractivity contribution in [2.24, 2.45) is 0 Å². The van der Waals surface area contributed by atoms with Crippen LogP contribution in [-0.4, -0.2) is 37.6 Å². The maximum Gasteiger partial charge on any atom is 0.234 e. The van der Waals surface area contributed by atoms with Gasteiger partial charge in [0.1, 0.15) is 5.75 Å². The summed E-state index contributed by atoms with van der Waals surface area (Å²) in [6.07, 6.45) is 4.21. The fourth-order valence-electron chi connectivity index (χ4n) is 3.62. The molecule has 2 aromatic carbocycles. The van der Waals surface area contributed by atoms with Gasteiger partial charge in [-0.25, -0.2) is 0 Å². The van der Waals surface area contributed by atoms with Crippen molar-refractivity contribution in [2.45, 2.75) is 31.7 Å². The molecule has 26 heavy (non-hydrogen) atoms. The van der Waals surface area contributed by atoms with Crippen molar-refractivity contribution in [3.8, 4) is 5.75 Å². The van der Waals surface area contributed by atoms with E-state index in [-0.39, 0.29) is 5.91 Å². The lowest BCUT2D eigenvalue weighted by atomic mass is 10.0. The zero-order chi connectivity index (χ0) is 18.2. The average molecular weight is 352 g/mol. The third-order valence-electron chi connectivity index (χ3n) is 5.02. The van der Waals surface area contributed by atoms with Crippen LogP contribution in [0.25, 0.3) is 0 Å². The number of benzene rings is 2. The second-order valence-corrected chi connectivity index (χ2v) is 6.84. The minimum atomic E-state index is 0.124. The average Bonchev–Trinajstić information content (AvgIpc) is 3.14. The molecule has 4 nitrogen and oxygen atoms in total. The third-order valence-corrected chi connectivity index (χ3v) is 5.02. The van der Waals surface area contributed by atoms with Gasteiger partial charge in [0.2, 0.25) is 5.91 Å². The Morgan fingerprint density at radius 2 is 1.92 bits per heavy atom. The van der Waals surface area contributed by atoms with E-state index in [0.29, 0.717) is 12.6 Å². The molecule has 0 saturated carbocycles. The van der Waals surface area contributed by atoms with Crippen LogP contribution in [0.15, 0.2) is 54.6 Å². The summed E-state index contributed by atoms with van der Waals surface area (Å²) < 4.78 is 5.23. The third kappa shape index (κ3) is 5.09. The molecule has 138 valence electrons. The highest BCUT2D eigenvalue weighted by Gasteiger charge is 2.27. The van der Waals surface area contributed by atoms with Crippen LogP contribution in [0.4, 0.5) is 0 Å². The van der Waals surface area contributed by atoms with Crippen molar-refractivity contribution < 1.29 is 9.53 Å². The quantitative estimate of drug-likeness (QED) is 0.739. The Morgan fingerprint density at radius 3 is 2.65 bits per heavy atom. The van der Waals surface area contributed by atoms with E-state index < -0.39 is 0 Å². The van der Waals surface area contributed by atoms with Crippen LogP contribution in [-0.2, 0) is 11.2 Å². The first kappa shape index (κ1) is 18.5. The zero-order valence-corrected chi connectivity index (χ0v) is 15.5. The van der Waals surface area contributed by atoms with Crippen molar-refractivity contribution in [2.75, 3.05) is 26.7 Å². The number of nitrogens with one attached hydrogen (secondary N) is 1. The van der Waals surface area contributed by atoms with Crippen LogP contribution in [0, 0.1) is 0 Å². The van der Waals surface area contributed by atoms with E-state index in [4.69, 9.17) is 4.74 Å². The number of rotatable bonds is 8. The van der Waals surface area contributed by atoms with Crippen LogP contribution in [0.5, 0.6) is 5.75 Å². The summed E-state index contributed by atoms with van der Waals surface area (Å²) in [6, 6.07) is 18.9. The molecule has 1 fully saturated rings. The van der Waals surface area contributed by atoms with E-state index in [1.807, 2.05) is 18.2 Å². The number of hydrogen-bond donors (Lipinski definition) is 1. The Balaban J connectivity index is 1.43. The van der Waals surface area contributed by atoms with E-state index in [1.165, 1.54) is 11.1 Å². The summed E-state index contributed by atoms with van der Waals surface area (Å²) in [6.45, 7) is 2.19. The van der Waals surface area contributed by atoms with Crippen LogP contribution in [0.1, 0.15) is 36.4 Å². The molecule has 0 aromatic heterocycles. The van der Waals surface area contributed by atoms with Gasteiger partial charge in [0.05, 0.1) is 13.7 Å². The van der Waals surface area contributed by atoms with Gasteiger partial charge in [0, 0.05) is 12.6 Å². The van der Waals surface area contributed by atoms with Gasteiger partial charge in [-0.2, -0.15) is 0 Å². The largest absolute Gasteiger partial charge is 0.497 e. The number of carbonyl (C=O) groups is 1. The first-order valence-corrected chi connectivity index (χ1v) is 9.45. The smallest absolute Gasteiger partial charge is 0.234 e. The Kier molecular flexibility index (Phi) is 6.67. The van der Waals surface area contributed by atoms with Crippen LogP contribution in [0.2, 0.25) is 0 Å². The monoisotopic (exact) mass is 352 g/mol. The minimum Gasteiger partial charge on any atom is -0.497 e. The molecule has 1 unspecified atom stereocenters. The standard InChI is InChI=1S/C22H28N2O2/c1-26-20-13-11-19(12-14-20)21-10-6-16-24(21)17-22(25)23-15-5-9-18-7-3-2-4-8-18/h2-4,7-8,11-14,21H,5-6,9-10,15-17H2,1H3,(H,23,25). The first-order chi connectivity index (χ1) is 12.8. The summed E-state index contributed by atoms with van der Waals surface area (Å²) in [5, 5.41) is 3.07. The Hall–Kier alpha value is -2.33. The van der Waals surface area contributed by atoms with Gasteiger partial charge in [-0.05, 0) is 55.5 Å². The highest BCUT2D eigenvalue weighted by atomic mass is 16.5. The van der Waals surface area contributed by atoms with Crippen molar-refractivity contribution >= 4 is 5.91 Å². The molecule has 1 heterocycles. The van der Waals surface area contributed by atoms with Crippen molar-refractivity contribution in [1.29, 1.82) is 0 Å². The molecule has 1 saturated heterocycles. The SMILES string of the molecule is COc1ccc(C2CCCN2CC(=O)NCCCc2ccccc2)cc1. The molecule has 2 aromatic rings. The van der Waals surface area contributed by atoms with E-state index >= 15 is 0 Å². The second-order valence-electron chi connectivity index (χ2n) is 6.84. The van der Waals surface area contributed by atoms with Gasteiger partial charge in [0.25, 0.3) is 0 Å². The number of amides is 1. The normalized spacial score (nSPS) is 17.2. The molecule has 1 amide bonds. The summed E-state index contributed by atoms with van der Waals surface area (Å²) in [4.78, 5) is 14.6. The van der Waals surface area contributed by atoms with Gasteiger partial charge >= 0.3 is 0 Å². The number of aryl methyl sites for hydroxylation is 1. The summed E-state index contributed by atoms with van der Waals surface area (Å²) in [5.41, 5.74) is 2.58. The number of carbonyl (C=O) groups excluding carboxylic acids is 1. The molecular weight excluding hydrogens is 324 g/mol.